The molecule has 0 atom stereocenters. The predicted molar refractivity (Wildman–Crippen MR) is 96.0 cm³/mol. The lowest BCUT2D eigenvalue weighted by molar-refractivity contribution is 0.319. The van der Waals surface area contributed by atoms with E-state index in [2.05, 4.69) is 24.2 Å². The van der Waals surface area contributed by atoms with Crippen LogP contribution in [0.1, 0.15) is 89.2 Å². The van der Waals surface area contributed by atoms with Crippen LogP contribution in [0.25, 0.3) is 0 Å². The second kappa shape index (κ2) is 12.3. The SMILES string of the molecule is CCCCCCCCCCCCc1ccc(C(C)=NO)cc1. The lowest BCUT2D eigenvalue weighted by Gasteiger charge is -2.04. The number of aryl methyl sites for hydroxylation is 1. The van der Waals surface area contributed by atoms with Gasteiger partial charge in [0.25, 0.3) is 0 Å². The van der Waals surface area contributed by atoms with Gasteiger partial charge in [-0.3, -0.25) is 0 Å². The van der Waals surface area contributed by atoms with Gasteiger partial charge in [-0.2, -0.15) is 0 Å². The third kappa shape index (κ3) is 8.21. The fraction of sp³-hybridized carbons (Fsp3) is 0.650. The van der Waals surface area contributed by atoms with E-state index in [4.69, 9.17) is 5.21 Å². The minimum Gasteiger partial charge on any atom is -0.411 e. The van der Waals surface area contributed by atoms with Crippen LogP contribution in [0.4, 0.5) is 0 Å². The molecular weight excluding hydrogens is 270 g/mol. The fourth-order valence-corrected chi connectivity index (χ4v) is 2.79. The molecule has 0 unspecified atom stereocenters. The molecule has 2 nitrogen and oxygen atoms in total. The number of benzene rings is 1. The molecule has 0 radical (unpaired) electrons. The molecule has 0 spiro atoms. The van der Waals surface area contributed by atoms with Gasteiger partial charge in [-0.15, -0.1) is 0 Å². The number of rotatable bonds is 12. The molecule has 0 aliphatic rings. The maximum absolute atomic E-state index is 8.75. The maximum atomic E-state index is 8.75. The maximum Gasteiger partial charge on any atom is 0.0836 e. The average molecular weight is 303 g/mol. The van der Waals surface area contributed by atoms with E-state index >= 15 is 0 Å². The summed E-state index contributed by atoms with van der Waals surface area (Å²) in [6.45, 7) is 4.09. The van der Waals surface area contributed by atoms with Gasteiger partial charge in [0, 0.05) is 0 Å². The van der Waals surface area contributed by atoms with Gasteiger partial charge in [-0.1, -0.05) is 94.1 Å². The van der Waals surface area contributed by atoms with Gasteiger partial charge < -0.3 is 5.21 Å². The van der Waals surface area contributed by atoms with E-state index in [1.807, 2.05) is 19.1 Å². The van der Waals surface area contributed by atoms with Crippen molar-refractivity contribution in [3.63, 3.8) is 0 Å². The van der Waals surface area contributed by atoms with E-state index < -0.39 is 0 Å². The summed E-state index contributed by atoms with van der Waals surface area (Å²) in [5.74, 6) is 0. The Kier molecular flexibility index (Phi) is 10.4. The van der Waals surface area contributed by atoms with E-state index in [0.29, 0.717) is 5.71 Å². The lowest BCUT2D eigenvalue weighted by Crippen LogP contribution is -1.95. The Hall–Kier alpha value is -1.31. The Labute approximate surface area is 136 Å². The molecule has 124 valence electrons. The highest BCUT2D eigenvalue weighted by Gasteiger charge is 1.99. The molecule has 0 fully saturated rings. The molecule has 1 rings (SSSR count). The Morgan fingerprint density at radius 2 is 1.32 bits per heavy atom. The molecule has 2 heteroatoms. The van der Waals surface area contributed by atoms with Crippen molar-refractivity contribution < 1.29 is 5.21 Å². The summed E-state index contributed by atoms with van der Waals surface area (Å²) in [5.41, 5.74) is 3.05. The van der Waals surface area contributed by atoms with Crippen LogP contribution in [0.3, 0.4) is 0 Å². The van der Waals surface area contributed by atoms with Gasteiger partial charge in [0.2, 0.25) is 0 Å². The van der Waals surface area contributed by atoms with Crippen LogP contribution in [0, 0.1) is 0 Å². The topological polar surface area (TPSA) is 32.6 Å². The molecule has 0 bridgehead atoms. The highest BCUT2D eigenvalue weighted by molar-refractivity contribution is 5.98. The van der Waals surface area contributed by atoms with Crippen molar-refractivity contribution in [1.82, 2.24) is 0 Å². The first-order valence-electron chi connectivity index (χ1n) is 9.06. The van der Waals surface area contributed by atoms with Crippen LogP contribution in [0.5, 0.6) is 0 Å². The molecule has 0 saturated carbocycles. The molecule has 22 heavy (non-hydrogen) atoms. The summed E-state index contributed by atoms with van der Waals surface area (Å²) in [6.07, 6.45) is 15.0. The molecule has 1 aromatic carbocycles. The van der Waals surface area contributed by atoms with Crippen LogP contribution in [-0.4, -0.2) is 10.9 Å². The summed E-state index contributed by atoms with van der Waals surface area (Å²) in [5, 5.41) is 12.0. The van der Waals surface area contributed by atoms with Crippen molar-refractivity contribution in [3.05, 3.63) is 35.4 Å². The Balaban J connectivity index is 2.03. The minimum atomic E-state index is 0.672. The first-order chi connectivity index (χ1) is 10.8. The zero-order valence-corrected chi connectivity index (χ0v) is 14.5. The largest absolute Gasteiger partial charge is 0.411 e. The van der Waals surface area contributed by atoms with Crippen LogP contribution >= 0.6 is 0 Å². The zero-order valence-electron chi connectivity index (χ0n) is 14.5. The third-order valence-corrected chi connectivity index (χ3v) is 4.34. The zero-order chi connectivity index (χ0) is 16.0. The summed E-state index contributed by atoms with van der Waals surface area (Å²) >= 11 is 0. The lowest BCUT2D eigenvalue weighted by atomic mass is 10.0. The first-order valence-corrected chi connectivity index (χ1v) is 9.06. The molecule has 0 saturated heterocycles. The molecule has 0 aliphatic carbocycles. The minimum absolute atomic E-state index is 0.672. The standard InChI is InChI=1S/C20H33NO/c1-3-4-5-6-7-8-9-10-11-12-13-19-14-16-20(17-15-19)18(2)21-22/h14-17,22H,3-13H2,1-2H3. The van der Waals surface area contributed by atoms with Crippen LogP contribution in [0.15, 0.2) is 29.4 Å². The average Bonchev–Trinajstić information content (AvgIpc) is 2.56. The van der Waals surface area contributed by atoms with Gasteiger partial charge in [0.05, 0.1) is 5.71 Å². The highest BCUT2D eigenvalue weighted by Crippen LogP contribution is 2.13. The van der Waals surface area contributed by atoms with Crippen molar-refractivity contribution in [3.8, 4) is 0 Å². The number of unbranched alkanes of at least 4 members (excludes halogenated alkanes) is 9. The number of oxime groups is 1. The summed E-state index contributed by atoms with van der Waals surface area (Å²) in [7, 11) is 0. The first kappa shape index (κ1) is 18.7. The van der Waals surface area contributed by atoms with Gasteiger partial charge >= 0.3 is 0 Å². The Morgan fingerprint density at radius 3 is 1.82 bits per heavy atom. The van der Waals surface area contributed by atoms with E-state index in [-0.39, 0.29) is 0 Å². The Morgan fingerprint density at radius 1 is 0.818 bits per heavy atom. The van der Waals surface area contributed by atoms with E-state index in [0.717, 1.165) is 12.0 Å². The molecule has 0 aromatic heterocycles. The van der Waals surface area contributed by atoms with E-state index in [9.17, 15) is 0 Å². The van der Waals surface area contributed by atoms with Gasteiger partial charge in [0.15, 0.2) is 0 Å². The van der Waals surface area contributed by atoms with Crippen molar-refractivity contribution in [2.75, 3.05) is 0 Å². The van der Waals surface area contributed by atoms with Gasteiger partial charge in [-0.25, -0.2) is 0 Å². The van der Waals surface area contributed by atoms with E-state index in [1.54, 1.807) is 0 Å². The molecule has 1 N–H and O–H groups in total. The second-order valence-corrected chi connectivity index (χ2v) is 6.31. The molecule has 0 amide bonds. The van der Waals surface area contributed by atoms with E-state index in [1.165, 1.54) is 69.8 Å². The van der Waals surface area contributed by atoms with Crippen LogP contribution in [0.2, 0.25) is 0 Å². The molecule has 1 aromatic rings. The van der Waals surface area contributed by atoms with Crippen LogP contribution in [-0.2, 0) is 6.42 Å². The summed E-state index contributed by atoms with van der Waals surface area (Å²) < 4.78 is 0. The molecule has 0 heterocycles. The van der Waals surface area contributed by atoms with Crippen molar-refractivity contribution >= 4 is 5.71 Å². The number of hydrogen-bond donors (Lipinski definition) is 1. The molecule has 0 aliphatic heterocycles. The number of hydrogen-bond acceptors (Lipinski definition) is 2. The predicted octanol–water partition coefficient (Wildman–Crippen LogP) is 6.35. The highest BCUT2D eigenvalue weighted by atomic mass is 16.4. The monoisotopic (exact) mass is 303 g/mol. The van der Waals surface area contributed by atoms with Gasteiger partial charge in [-0.05, 0) is 30.9 Å². The molecular formula is C20H33NO. The van der Waals surface area contributed by atoms with Gasteiger partial charge in [0.1, 0.15) is 0 Å². The van der Waals surface area contributed by atoms with Crippen molar-refractivity contribution in [2.24, 2.45) is 5.16 Å². The smallest absolute Gasteiger partial charge is 0.0836 e. The van der Waals surface area contributed by atoms with Crippen LogP contribution < -0.4 is 0 Å². The Bertz CT molecular complexity index is 408. The van der Waals surface area contributed by atoms with Crippen molar-refractivity contribution in [1.29, 1.82) is 0 Å². The third-order valence-electron chi connectivity index (χ3n) is 4.34. The summed E-state index contributed by atoms with van der Waals surface area (Å²) in [6, 6.07) is 8.39. The van der Waals surface area contributed by atoms with Crippen molar-refractivity contribution in [2.45, 2.75) is 84.5 Å². The summed E-state index contributed by atoms with van der Waals surface area (Å²) in [4.78, 5) is 0. The second-order valence-electron chi connectivity index (χ2n) is 6.31. The normalized spacial score (nSPS) is 11.8. The fourth-order valence-electron chi connectivity index (χ4n) is 2.79. The number of nitrogens with zero attached hydrogens (tertiary/aromatic N) is 1. The quantitative estimate of drug-likeness (QED) is 0.207.